The van der Waals surface area contributed by atoms with Gasteiger partial charge in [-0.1, -0.05) is 55.8 Å². The number of halogens is 2. The Morgan fingerprint density at radius 2 is 1.75 bits per heavy atom. The first-order chi connectivity index (χ1) is 16.7. The predicted molar refractivity (Wildman–Crippen MR) is 141 cm³/mol. The number of hydrogen-bond acceptors (Lipinski definition) is 5. The van der Waals surface area contributed by atoms with E-state index in [0.29, 0.717) is 31.8 Å². The molecule has 2 aromatic carbocycles. The molecule has 2 N–H and O–H groups in total. The second-order valence-corrected chi connectivity index (χ2v) is 10.2. The van der Waals surface area contributed by atoms with Crippen LogP contribution in [0.4, 0.5) is 4.39 Å². The van der Waals surface area contributed by atoms with Crippen molar-refractivity contribution in [3.63, 3.8) is 0 Å². The molecule has 2 heterocycles. The smallest absolute Gasteiger partial charge is 0.328 e. The number of aryl methyl sites for hydroxylation is 1. The van der Waals surface area contributed by atoms with Crippen molar-refractivity contribution >= 4 is 24.3 Å². The molecule has 196 valence electrons. The highest BCUT2D eigenvalue weighted by Crippen LogP contribution is 2.34. The minimum absolute atomic E-state index is 0. The summed E-state index contributed by atoms with van der Waals surface area (Å²) >= 11 is 0. The van der Waals surface area contributed by atoms with Gasteiger partial charge < -0.3 is 15.4 Å². The lowest BCUT2D eigenvalue weighted by molar-refractivity contribution is -0.137. The SMILES string of the molecule is Cc1ccc(CN2CC[C@@H](N3CC[C@@H](c4ccc(OC(=O)C(N)C(C)C)cc4)[C@H](F)C3)C2=O)cc1.Cl. The molecule has 2 saturated heterocycles. The zero-order valence-corrected chi connectivity index (χ0v) is 22.0. The van der Waals surface area contributed by atoms with Gasteiger partial charge in [-0.15, -0.1) is 12.4 Å². The van der Waals surface area contributed by atoms with E-state index in [9.17, 15) is 9.59 Å². The summed E-state index contributed by atoms with van der Waals surface area (Å²) in [5.74, 6) is -0.216. The van der Waals surface area contributed by atoms with Crippen LogP contribution < -0.4 is 10.5 Å². The molecule has 0 spiro atoms. The van der Waals surface area contributed by atoms with Gasteiger partial charge >= 0.3 is 5.97 Å². The first-order valence-electron chi connectivity index (χ1n) is 12.5. The van der Waals surface area contributed by atoms with E-state index in [0.717, 1.165) is 17.5 Å². The summed E-state index contributed by atoms with van der Waals surface area (Å²) in [6.45, 7) is 8.01. The number of carbonyl (C=O) groups excluding carboxylic acids is 2. The Kier molecular flexibility index (Phi) is 9.50. The van der Waals surface area contributed by atoms with E-state index in [1.165, 1.54) is 5.56 Å². The number of piperidine rings is 1. The lowest BCUT2D eigenvalue weighted by Gasteiger charge is -2.37. The van der Waals surface area contributed by atoms with Crippen molar-refractivity contribution in [1.29, 1.82) is 0 Å². The van der Waals surface area contributed by atoms with Crippen LogP contribution in [0, 0.1) is 12.8 Å². The normalized spacial score (nSPS) is 23.4. The fraction of sp³-hybridized carbons (Fsp3) is 0.500. The zero-order chi connectivity index (χ0) is 25.1. The molecule has 2 aliphatic rings. The summed E-state index contributed by atoms with van der Waals surface area (Å²) in [6, 6.07) is 14.3. The van der Waals surface area contributed by atoms with Gasteiger partial charge in [0.15, 0.2) is 0 Å². The molecule has 1 amide bonds. The van der Waals surface area contributed by atoms with Gasteiger partial charge in [-0.25, -0.2) is 9.18 Å². The number of nitrogens with two attached hydrogens (primary N) is 1. The maximum atomic E-state index is 15.3. The summed E-state index contributed by atoms with van der Waals surface area (Å²) in [5.41, 5.74) is 9.04. The highest BCUT2D eigenvalue weighted by molar-refractivity contribution is 5.85. The molecule has 2 aromatic rings. The molecule has 2 aliphatic heterocycles. The molecular formula is C28H37ClFN3O3. The fourth-order valence-corrected chi connectivity index (χ4v) is 4.96. The maximum Gasteiger partial charge on any atom is 0.328 e. The zero-order valence-electron chi connectivity index (χ0n) is 21.2. The minimum atomic E-state index is -1.06. The molecular weight excluding hydrogens is 481 g/mol. The Morgan fingerprint density at radius 3 is 2.36 bits per heavy atom. The van der Waals surface area contributed by atoms with Crippen LogP contribution in [-0.4, -0.2) is 59.6 Å². The van der Waals surface area contributed by atoms with Crippen LogP contribution in [0.1, 0.15) is 49.3 Å². The van der Waals surface area contributed by atoms with E-state index in [1.54, 1.807) is 12.1 Å². The molecule has 0 aromatic heterocycles. The molecule has 6 nitrogen and oxygen atoms in total. The number of rotatable bonds is 7. The number of nitrogens with zero attached hydrogens (tertiary/aromatic N) is 2. The molecule has 0 radical (unpaired) electrons. The molecule has 36 heavy (non-hydrogen) atoms. The van der Waals surface area contributed by atoms with Crippen molar-refractivity contribution in [2.75, 3.05) is 19.6 Å². The average molecular weight is 518 g/mol. The van der Waals surface area contributed by atoms with Gasteiger partial charge in [0.25, 0.3) is 0 Å². The van der Waals surface area contributed by atoms with Gasteiger partial charge in [-0.2, -0.15) is 0 Å². The van der Waals surface area contributed by atoms with E-state index in [4.69, 9.17) is 10.5 Å². The van der Waals surface area contributed by atoms with E-state index < -0.39 is 18.2 Å². The number of likely N-dealkylation sites (tertiary alicyclic amines) is 2. The molecule has 4 rings (SSSR count). The van der Waals surface area contributed by atoms with Crippen LogP contribution in [0.25, 0.3) is 0 Å². The first kappa shape index (κ1) is 28.1. The monoisotopic (exact) mass is 517 g/mol. The van der Waals surface area contributed by atoms with Crippen molar-refractivity contribution in [2.45, 2.75) is 64.3 Å². The molecule has 4 atom stereocenters. The van der Waals surface area contributed by atoms with Crippen LogP contribution in [-0.2, 0) is 16.1 Å². The Bertz CT molecular complexity index is 1030. The van der Waals surface area contributed by atoms with Crippen LogP contribution in [0.15, 0.2) is 48.5 Å². The van der Waals surface area contributed by atoms with Crippen LogP contribution in [0.3, 0.4) is 0 Å². The number of esters is 1. The van der Waals surface area contributed by atoms with Crippen molar-refractivity contribution in [3.05, 3.63) is 65.2 Å². The molecule has 0 bridgehead atoms. The van der Waals surface area contributed by atoms with Gasteiger partial charge in [0, 0.05) is 25.6 Å². The average Bonchev–Trinajstić information content (AvgIpc) is 3.20. The van der Waals surface area contributed by atoms with Crippen molar-refractivity contribution in [3.8, 4) is 5.75 Å². The molecule has 1 unspecified atom stereocenters. The highest BCUT2D eigenvalue weighted by Gasteiger charge is 2.40. The third-order valence-corrected chi connectivity index (χ3v) is 7.29. The molecule has 0 aliphatic carbocycles. The number of amides is 1. The van der Waals surface area contributed by atoms with E-state index >= 15 is 4.39 Å². The number of hydrogen-bond donors (Lipinski definition) is 1. The van der Waals surface area contributed by atoms with Crippen molar-refractivity contribution in [1.82, 2.24) is 9.80 Å². The summed E-state index contributed by atoms with van der Waals surface area (Å²) in [7, 11) is 0. The number of carbonyl (C=O) groups is 2. The van der Waals surface area contributed by atoms with Crippen LogP contribution >= 0.6 is 12.4 Å². The Labute approximate surface area is 219 Å². The van der Waals surface area contributed by atoms with Crippen molar-refractivity contribution in [2.24, 2.45) is 11.7 Å². The lowest BCUT2D eigenvalue weighted by Crippen LogP contribution is -2.49. The Hall–Kier alpha value is -2.48. The topological polar surface area (TPSA) is 75.9 Å². The van der Waals surface area contributed by atoms with Gasteiger partial charge in [0.05, 0.1) is 6.04 Å². The fourth-order valence-electron chi connectivity index (χ4n) is 4.96. The van der Waals surface area contributed by atoms with E-state index in [2.05, 4.69) is 24.3 Å². The summed E-state index contributed by atoms with van der Waals surface area (Å²) < 4.78 is 20.6. The predicted octanol–water partition coefficient (Wildman–Crippen LogP) is 4.23. The van der Waals surface area contributed by atoms with E-state index in [1.807, 2.05) is 42.7 Å². The first-order valence-corrected chi connectivity index (χ1v) is 12.5. The molecule has 2 fully saturated rings. The third-order valence-electron chi connectivity index (χ3n) is 7.29. The largest absolute Gasteiger partial charge is 0.425 e. The summed E-state index contributed by atoms with van der Waals surface area (Å²) in [5, 5.41) is 0. The maximum absolute atomic E-state index is 15.3. The number of ether oxygens (including phenoxy) is 1. The Morgan fingerprint density at radius 1 is 1.08 bits per heavy atom. The second-order valence-electron chi connectivity index (χ2n) is 10.2. The standard InChI is InChI=1S/C28H36FN3O3.ClH/c1-18(2)26(30)28(34)35-22-10-8-21(9-11-22)23-12-14-31(17-24(23)29)25-13-15-32(27(25)33)16-20-6-4-19(3)5-7-20;/h4-11,18,23-26H,12-17,30H2,1-3H3;1H/t23-,24+,25+,26?;/m0./s1. The van der Waals surface area contributed by atoms with Crippen LogP contribution in [0.2, 0.25) is 0 Å². The quantitative estimate of drug-likeness (QED) is 0.439. The Balaban J connectivity index is 0.00000361. The molecule has 0 saturated carbocycles. The molecule has 8 heteroatoms. The lowest BCUT2D eigenvalue weighted by atomic mass is 9.87. The van der Waals surface area contributed by atoms with Gasteiger partial charge in [-0.05, 0) is 55.5 Å². The van der Waals surface area contributed by atoms with Crippen LogP contribution in [0.5, 0.6) is 5.75 Å². The van der Waals surface area contributed by atoms with Gasteiger partial charge in [0.2, 0.25) is 5.91 Å². The van der Waals surface area contributed by atoms with E-state index in [-0.39, 0.29) is 42.7 Å². The van der Waals surface area contributed by atoms with Crippen molar-refractivity contribution < 1.29 is 18.7 Å². The highest BCUT2D eigenvalue weighted by atomic mass is 35.5. The summed E-state index contributed by atoms with van der Waals surface area (Å²) in [4.78, 5) is 29.0. The number of alkyl halides is 1. The summed E-state index contributed by atoms with van der Waals surface area (Å²) in [6.07, 6.45) is 0.312. The number of benzene rings is 2. The van der Waals surface area contributed by atoms with Gasteiger partial charge in [0.1, 0.15) is 18.0 Å². The third kappa shape index (κ3) is 6.44. The minimum Gasteiger partial charge on any atom is -0.425 e. The second kappa shape index (κ2) is 12.2. The van der Waals surface area contributed by atoms with Gasteiger partial charge in [-0.3, -0.25) is 9.69 Å².